The molecule has 22 N–H and O–H groups in total. The van der Waals surface area contributed by atoms with Gasteiger partial charge in [0.1, 0.15) is 67.1 Å². The van der Waals surface area contributed by atoms with Crippen molar-refractivity contribution in [2.24, 2.45) is 17.8 Å². The second-order valence-electron chi connectivity index (χ2n) is 26.7. The van der Waals surface area contributed by atoms with Crippen molar-refractivity contribution < 1.29 is 122 Å². The number of aliphatic hydroxyl groups is 22. The molecular formula is C67H124O24. The van der Waals surface area contributed by atoms with Crippen molar-refractivity contribution in [2.75, 3.05) is 6.61 Å². The Bertz CT molecular complexity index is 1940. The van der Waals surface area contributed by atoms with Crippen LogP contribution in [0.2, 0.25) is 0 Å². The molecule has 0 aromatic carbocycles. The number of aliphatic hydroxyl groups excluding tert-OH is 22. The van der Waals surface area contributed by atoms with Crippen LogP contribution in [0.5, 0.6) is 0 Å². The fourth-order valence-corrected chi connectivity index (χ4v) is 12.3. The third-order valence-corrected chi connectivity index (χ3v) is 18.7. The summed E-state index contributed by atoms with van der Waals surface area (Å²) in [6.07, 6.45) is -14.8. The van der Waals surface area contributed by atoms with Gasteiger partial charge in [-0.05, 0) is 152 Å². The van der Waals surface area contributed by atoms with Crippen LogP contribution in [0.25, 0.3) is 0 Å². The van der Waals surface area contributed by atoms with E-state index in [0.29, 0.717) is 64.2 Å². The van der Waals surface area contributed by atoms with Gasteiger partial charge in [0.15, 0.2) is 0 Å². The number of unbranched alkanes of at least 4 members (excludes halogenated alkanes) is 7. The van der Waals surface area contributed by atoms with Crippen LogP contribution in [-0.4, -0.2) is 272 Å². The first kappa shape index (κ1) is 85.1. The predicted octanol–water partition coefficient (Wildman–Crippen LogP) is 0.388. The third kappa shape index (κ3) is 31.4. The highest BCUT2D eigenvalue weighted by molar-refractivity contribution is 5.09. The summed E-state index contributed by atoms with van der Waals surface area (Å²) in [5, 5.41) is 235. The molecule has 0 bridgehead atoms. The van der Waals surface area contributed by atoms with Crippen molar-refractivity contribution in [3.8, 4) is 0 Å². The summed E-state index contributed by atoms with van der Waals surface area (Å²) in [7, 11) is 0. The second-order valence-corrected chi connectivity index (χ2v) is 26.7. The summed E-state index contributed by atoms with van der Waals surface area (Å²) in [4.78, 5) is 0. The lowest BCUT2D eigenvalue weighted by molar-refractivity contribution is -0.250. The zero-order chi connectivity index (χ0) is 68.5. The van der Waals surface area contributed by atoms with E-state index in [1.54, 1.807) is 32.9 Å². The van der Waals surface area contributed by atoms with E-state index in [4.69, 9.17) is 14.6 Å². The van der Waals surface area contributed by atoms with Crippen molar-refractivity contribution in [3.63, 3.8) is 0 Å². The van der Waals surface area contributed by atoms with E-state index in [2.05, 4.69) is 19.2 Å². The Balaban J connectivity index is 1.79. The maximum atomic E-state index is 11.2. The standard InChI is InChI=1S/C67H124O24/c1-6-7-8-9-10-11-12-13-14-15-16-17-29-48(74)60(84)67-61(85)52(78)37-53(91-67)62(86)58(82)41(4)32-34-50(76)66-65(89)64(88)63(87)54(90-66)36-51(77)55(79)39(2)22-18-30-47(73)59(83)57(81)40(3)31-33-49(75)56(80)42(5)35-45(71)27-20-25-43(69)23-19-24-44(70)26-21-28-46(72)38-68/h6-8,17,29,39-40,42-89H,1,4,9-16,18-28,30-38H2,2-3,5H3. The van der Waals surface area contributed by atoms with Crippen molar-refractivity contribution in [1.29, 1.82) is 0 Å². The molecule has 0 radical (unpaired) electrons. The first-order valence-electron chi connectivity index (χ1n) is 33.8. The van der Waals surface area contributed by atoms with E-state index in [0.717, 1.165) is 44.9 Å². The van der Waals surface area contributed by atoms with Crippen LogP contribution in [-0.2, 0) is 9.47 Å². The Morgan fingerprint density at radius 2 is 0.989 bits per heavy atom. The van der Waals surface area contributed by atoms with E-state index in [-0.39, 0.29) is 70.0 Å². The second kappa shape index (κ2) is 46.3. The molecule has 24 nitrogen and oxygen atoms in total. The van der Waals surface area contributed by atoms with Gasteiger partial charge in [-0.25, -0.2) is 0 Å². The van der Waals surface area contributed by atoms with E-state index >= 15 is 0 Å². The van der Waals surface area contributed by atoms with Gasteiger partial charge in [-0.3, -0.25) is 0 Å². The fourth-order valence-electron chi connectivity index (χ4n) is 12.3. The van der Waals surface area contributed by atoms with E-state index in [1.807, 2.05) is 6.08 Å². The van der Waals surface area contributed by atoms with Crippen LogP contribution in [0.3, 0.4) is 0 Å². The summed E-state index contributed by atoms with van der Waals surface area (Å²) in [6, 6.07) is 0. The molecule has 2 fully saturated rings. The van der Waals surface area contributed by atoms with Crippen molar-refractivity contribution in [1.82, 2.24) is 0 Å². The molecule has 0 amide bonds. The number of hydrogen-bond acceptors (Lipinski definition) is 24. The van der Waals surface area contributed by atoms with Crippen LogP contribution < -0.4 is 0 Å². The van der Waals surface area contributed by atoms with Gasteiger partial charge in [0.2, 0.25) is 0 Å². The van der Waals surface area contributed by atoms with Gasteiger partial charge in [0.25, 0.3) is 0 Å². The maximum Gasteiger partial charge on any atom is 0.115 e. The molecule has 536 valence electrons. The summed E-state index contributed by atoms with van der Waals surface area (Å²) < 4.78 is 11.6. The first-order chi connectivity index (χ1) is 43.0. The fraction of sp³-hybridized carbons (Fsp3) is 0.881. The molecule has 0 aromatic heterocycles. The molecule has 0 saturated carbocycles. The molecule has 28 unspecified atom stereocenters. The van der Waals surface area contributed by atoms with Gasteiger partial charge in [-0.1, -0.05) is 96.4 Å². The molecule has 2 heterocycles. The minimum atomic E-state index is -1.87. The Labute approximate surface area is 540 Å². The summed E-state index contributed by atoms with van der Waals surface area (Å²) >= 11 is 0. The van der Waals surface area contributed by atoms with Crippen LogP contribution in [0.4, 0.5) is 0 Å². The largest absolute Gasteiger partial charge is 0.394 e. The third-order valence-electron chi connectivity index (χ3n) is 18.7. The highest BCUT2D eigenvalue weighted by atomic mass is 16.6. The zero-order valence-corrected chi connectivity index (χ0v) is 54.4. The Morgan fingerprint density at radius 1 is 0.473 bits per heavy atom. The molecule has 2 rings (SSSR count). The van der Waals surface area contributed by atoms with Gasteiger partial charge in [0.05, 0.1) is 92.1 Å². The van der Waals surface area contributed by atoms with Crippen molar-refractivity contribution in [2.45, 2.75) is 347 Å². The summed E-state index contributed by atoms with van der Waals surface area (Å²) in [6.45, 7) is 12.1. The van der Waals surface area contributed by atoms with Crippen LogP contribution in [0.15, 0.2) is 49.1 Å². The van der Waals surface area contributed by atoms with Crippen LogP contribution in [0.1, 0.15) is 194 Å². The lowest BCUT2D eigenvalue weighted by atomic mass is 9.85. The Hall–Kier alpha value is -2.00. The average molecular weight is 1310 g/mol. The number of rotatable bonds is 51. The number of hydrogen-bond donors (Lipinski definition) is 22. The molecule has 2 aliphatic heterocycles. The normalized spacial score (nSPS) is 28.2. The molecular weight excluding hydrogens is 1190 g/mol. The lowest BCUT2D eigenvalue weighted by Gasteiger charge is -2.43. The monoisotopic (exact) mass is 1310 g/mol. The maximum absolute atomic E-state index is 11.2. The van der Waals surface area contributed by atoms with Crippen molar-refractivity contribution >= 4 is 0 Å². The van der Waals surface area contributed by atoms with Gasteiger partial charge in [-0.15, -0.1) is 0 Å². The highest BCUT2D eigenvalue weighted by Gasteiger charge is 2.49. The van der Waals surface area contributed by atoms with Crippen LogP contribution in [0, 0.1) is 17.8 Å². The van der Waals surface area contributed by atoms with Gasteiger partial charge < -0.3 is 122 Å². The Kier molecular flexibility index (Phi) is 43.3. The van der Waals surface area contributed by atoms with E-state index in [9.17, 15) is 107 Å². The summed E-state index contributed by atoms with van der Waals surface area (Å²) in [5.41, 5.74) is -0.0408. The SMILES string of the molecule is C=CC=CCCCCCCCCC=CC(O)C(O)C1OC(C(O)C(O)C(=C)CCC(O)C2OC(CC(O)C(O)C(C)CCCC(O)C(O)C(O)C(C)CCC(O)C(O)C(C)CC(O)CCCC(O)CCCC(O)CCCC(O)CO)C(O)C(O)C2O)CC(O)C1O. The number of allylic oxidation sites excluding steroid dienone is 4. The van der Waals surface area contributed by atoms with Crippen molar-refractivity contribution in [3.05, 3.63) is 49.1 Å². The molecule has 0 aromatic rings. The summed E-state index contributed by atoms with van der Waals surface area (Å²) in [5.74, 6) is -1.77. The predicted molar refractivity (Wildman–Crippen MR) is 340 cm³/mol. The lowest BCUT2D eigenvalue weighted by Crippen LogP contribution is -2.61. The molecule has 91 heavy (non-hydrogen) atoms. The van der Waals surface area contributed by atoms with Crippen LogP contribution >= 0.6 is 0 Å². The zero-order valence-electron chi connectivity index (χ0n) is 54.4. The van der Waals surface area contributed by atoms with E-state index < -0.39 is 177 Å². The van der Waals surface area contributed by atoms with Gasteiger partial charge in [0, 0.05) is 12.8 Å². The first-order valence-corrected chi connectivity index (χ1v) is 33.8. The molecule has 2 saturated heterocycles. The smallest absolute Gasteiger partial charge is 0.115 e. The minimum Gasteiger partial charge on any atom is -0.394 e. The molecule has 28 atom stereocenters. The number of ether oxygens (including phenoxy) is 2. The van der Waals surface area contributed by atoms with Gasteiger partial charge >= 0.3 is 0 Å². The molecule has 0 aliphatic carbocycles. The molecule has 0 spiro atoms. The van der Waals surface area contributed by atoms with E-state index in [1.165, 1.54) is 6.08 Å². The van der Waals surface area contributed by atoms with Gasteiger partial charge in [-0.2, -0.15) is 0 Å². The molecule has 2 aliphatic rings. The Morgan fingerprint density at radius 3 is 1.57 bits per heavy atom. The topological polar surface area (TPSA) is 464 Å². The highest BCUT2D eigenvalue weighted by Crippen LogP contribution is 2.33. The molecule has 24 heteroatoms. The average Bonchev–Trinajstić information content (AvgIpc) is 0.978. The minimum absolute atomic E-state index is 0.0220. The quantitative estimate of drug-likeness (QED) is 0.0222.